The molecule has 0 aliphatic carbocycles. The zero-order valence-corrected chi connectivity index (χ0v) is 9.62. The molecule has 1 N–H and O–H groups in total. The van der Waals surface area contributed by atoms with Crippen molar-refractivity contribution in [1.82, 2.24) is 10.3 Å². The van der Waals surface area contributed by atoms with E-state index in [0.29, 0.717) is 12.4 Å². The third-order valence-electron chi connectivity index (χ3n) is 1.85. The average molecular weight is 226 g/mol. The number of ether oxygens (including phenoxy) is 1. The summed E-state index contributed by atoms with van der Waals surface area (Å²) in [5.74, 6) is 0.474. The molecule has 0 aliphatic heterocycles. The number of aromatic nitrogens is 1. The average Bonchev–Trinajstić information content (AvgIpc) is 2.26. The molecule has 5 heteroatoms. The summed E-state index contributed by atoms with van der Waals surface area (Å²) >= 11 is 4.02. The predicted octanol–water partition coefficient (Wildman–Crippen LogP) is 1.02. The molecule has 1 rings (SSSR count). The van der Waals surface area contributed by atoms with Crippen molar-refractivity contribution in [2.24, 2.45) is 0 Å². The van der Waals surface area contributed by atoms with Crippen LogP contribution in [0.3, 0.4) is 0 Å². The van der Waals surface area contributed by atoms with Gasteiger partial charge in [-0.2, -0.15) is 12.6 Å². The summed E-state index contributed by atoms with van der Waals surface area (Å²) in [4.78, 5) is 15.2. The Kier molecular flexibility index (Phi) is 4.42. The van der Waals surface area contributed by atoms with Crippen molar-refractivity contribution in [2.75, 3.05) is 7.11 Å². The van der Waals surface area contributed by atoms with Crippen molar-refractivity contribution in [3.63, 3.8) is 0 Å². The van der Waals surface area contributed by atoms with Gasteiger partial charge in [0.25, 0.3) is 0 Å². The van der Waals surface area contributed by atoms with E-state index < -0.39 is 0 Å². The summed E-state index contributed by atoms with van der Waals surface area (Å²) in [6, 6.07) is 3.61. The van der Waals surface area contributed by atoms with Crippen LogP contribution >= 0.6 is 12.6 Å². The molecule has 4 nitrogen and oxygen atoms in total. The van der Waals surface area contributed by atoms with Crippen LogP contribution in [0.25, 0.3) is 0 Å². The fourth-order valence-electron chi connectivity index (χ4n) is 0.973. The molecule has 0 bridgehead atoms. The first-order chi connectivity index (χ1) is 7.13. The lowest BCUT2D eigenvalue weighted by Crippen LogP contribution is -2.29. The van der Waals surface area contributed by atoms with Gasteiger partial charge in [-0.1, -0.05) is 6.07 Å². The SMILES string of the molecule is COc1ccc(CNC(=O)C(C)S)cn1. The number of amides is 1. The highest BCUT2D eigenvalue weighted by molar-refractivity contribution is 7.81. The maximum absolute atomic E-state index is 11.2. The van der Waals surface area contributed by atoms with Crippen LogP contribution in [0.4, 0.5) is 0 Å². The zero-order chi connectivity index (χ0) is 11.3. The van der Waals surface area contributed by atoms with E-state index in [1.807, 2.05) is 6.07 Å². The molecule has 82 valence electrons. The number of rotatable bonds is 4. The first-order valence-electron chi connectivity index (χ1n) is 4.58. The van der Waals surface area contributed by atoms with Crippen molar-refractivity contribution in [3.05, 3.63) is 23.9 Å². The van der Waals surface area contributed by atoms with Crippen LogP contribution in [-0.2, 0) is 11.3 Å². The van der Waals surface area contributed by atoms with E-state index in [0.717, 1.165) is 5.56 Å². The number of hydrogen-bond donors (Lipinski definition) is 2. The molecule has 0 saturated carbocycles. The molecule has 15 heavy (non-hydrogen) atoms. The van der Waals surface area contributed by atoms with E-state index in [1.165, 1.54) is 0 Å². The van der Waals surface area contributed by atoms with Crippen LogP contribution in [0.1, 0.15) is 12.5 Å². The lowest BCUT2D eigenvalue weighted by atomic mass is 10.3. The quantitative estimate of drug-likeness (QED) is 0.754. The molecule has 1 atom stereocenters. The Hall–Kier alpha value is -1.23. The number of carbonyl (C=O) groups excluding carboxylic acids is 1. The number of nitrogens with zero attached hydrogens (tertiary/aromatic N) is 1. The molecule has 0 aromatic carbocycles. The Morgan fingerprint density at radius 2 is 2.40 bits per heavy atom. The summed E-state index contributed by atoms with van der Waals surface area (Å²) in [6.07, 6.45) is 1.67. The van der Waals surface area contributed by atoms with Gasteiger partial charge in [0.1, 0.15) is 0 Å². The van der Waals surface area contributed by atoms with Gasteiger partial charge in [-0.05, 0) is 12.5 Å². The summed E-state index contributed by atoms with van der Waals surface area (Å²) in [5.41, 5.74) is 0.929. The van der Waals surface area contributed by atoms with Crippen LogP contribution in [-0.4, -0.2) is 23.3 Å². The summed E-state index contributed by atoms with van der Waals surface area (Å²) in [6.45, 7) is 2.19. The topological polar surface area (TPSA) is 51.2 Å². The minimum absolute atomic E-state index is 0.0887. The maximum Gasteiger partial charge on any atom is 0.232 e. The number of nitrogens with one attached hydrogen (secondary N) is 1. The smallest absolute Gasteiger partial charge is 0.232 e. The number of methoxy groups -OCH3 is 1. The van der Waals surface area contributed by atoms with Crippen LogP contribution in [0.2, 0.25) is 0 Å². The number of pyridine rings is 1. The van der Waals surface area contributed by atoms with Gasteiger partial charge in [0.2, 0.25) is 11.8 Å². The van der Waals surface area contributed by atoms with E-state index in [-0.39, 0.29) is 11.2 Å². The van der Waals surface area contributed by atoms with Crippen LogP contribution < -0.4 is 10.1 Å². The lowest BCUT2D eigenvalue weighted by Gasteiger charge is -2.07. The third kappa shape index (κ3) is 3.79. The zero-order valence-electron chi connectivity index (χ0n) is 8.73. The molecule has 0 spiro atoms. The molecule has 1 aromatic heterocycles. The summed E-state index contributed by atoms with van der Waals surface area (Å²) in [5, 5.41) is 2.44. The van der Waals surface area contributed by atoms with E-state index in [9.17, 15) is 4.79 Å². The van der Waals surface area contributed by atoms with E-state index >= 15 is 0 Å². The molecule has 0 fully saturated rings. The molecular formula is C10H14N2O2S. The van der Waals surface area contributed by atoms with Crippen molar-refractivity contribution in [2.45, 2.75) is 18.7 Å². The Bertz CT molecular complexity index is 325. The second-order valence-corrected chi connectivity index (χ2v) is 3.88. The fourth-order valence-corrected chi connectivity index (χ4v) is 1.06. The van der Waals surface area contributed by atoms with Crippen LogP contribution in [0.15, 0.2) is 18.3 Å². The Morgan fingerprint density at radius 1 is 1.67 bits per heavy atom. The number of carbonyl (C=O) groups is 1. The van der Waals surface area contributed by atoms with Gasteiger partial charge in [0.15, 0.2) is 0 Å². The van der Waals surface area contributed by atoms with Gasteiger partial charge < -0.3 is 10.1 Å². The van der Waals surface area contributed by atoms with Gasteiger partial charge in [-0.25, -0.2) is 4.98 Å². The van der Waals surface area contributed by atoms with Crippen LogP contribution in [0.5, 0.6) is 5.88 Å². The standard InChI is InChI=1S/C10H14N2O2S/c1-7(15)10(13)12-6-8-3-4-9(14-2)11-5-8/h3-5,7,15H,6H2,1-2H3,(H,12,13). The third-order valence-corrected chi connectivity index (χ3v) is 2.09. The molecule has 0 aliphatic rings. The lowest BCUT2D eigenvalue weighted by molar-refractivity contribution is -0.120. The Morgan fingerprint density at radius 3 is 2.87 bits per heavy atom. The van der Waals surface area contributed by atoms with E-state index in [4.69, 9.17) is 4.74 Å². The molecule has 1 amide bonds. The molecule has 1 unspecified atom stereocenters. The highest BCUT2D eigenvalue weighted by Crippen LogP contribution is 2.06. The minimum atomic E-state index is -0.295. The highest BCUT2D eigenvalue weighted by atomic mass is 32.1. The summed E-state index contributed by atoms with van der Waals surface area (Å²) in [7, 11) is 1.56. The monoisotopic (exact) mass is 226 g/mol. The van der Waals surface area contributed by atoms with Crippen molar-refractivity contribution < 1.29 is 9.53 Å². The van der Waals surface area contributed by atoms with Crippen molar-refractivity contribution >= 4 is 18.5 Å². The van der Waals surface area contributed by atoms with Gasteiger partial charge in [0.05, 0.1) is 12.4 Å². The Balaban J connectivity index is 2.47. The molecule has 1 heterocycles. The van der Waals surface area contributed by atoms with E-state index in [2.05, 4.69) is 22.9 Å². The number of hydrogen-bond acceptors (Lipinski definition) is 4. The van der Waals surface area contributed by atoms with E-state index in [1.54, 1.807) is 26.3 Å². The van der Waals surface area contributed by atoms with Crippen molar-refractivity contribution in [3.8, 4) is 5.88 Å². The Labute approximate surface area is 94.5 Å². The highest BCUT2D eigenvalue weighted by Gasteiger charge is 2.06. The fraction of sp³-hybridized carbons (Fsp3) is 0.400. The minimum Gasteiger partial charge on any atom is -0.481 e. The summed E-state index contributed by atoms with van der Waals surface area (Å²) < 4.78 is 4.92. The molecule has 1 aromatic rings. The first kappa shape index (κ1) is 11.8. The first-order valence-corrected chi connectivity index (χ1v) is 5.10. The van der Waals surface area contributed by atoms with Gasteiger partial charge in [-0.15, -0.1) is 0 Å². The second kappa shape index (κ2) is 5.60. The normalized spacial score (nSPS) is 11.9. The van der Waals surface area contributed by atoms with Crippen LogP contribution in [0, 0.1) is 0 Å². The molecule has 0 saturated heterocycles. The van der Waals surface area contributed by atoms with Gasteiger partial charge in [-0.3, -0.25) is 4.79 Å². The molecule has 0 radical (unpaired) electrons. The van der Waals surface area contributed by atoms with Crippen molar-refractivity contribution in [1.29, 1.82) is 0 Å². The van der Waals surface area contributed by atoms with Gasteiger partial charge >= 0.3 is 0 Å². The second-order valence-electron chi connectivity index (χ2n) is 3.10. The predicted molar refractivity (Wildman–Crippen MR) is 61.1 cm³/mol. The van der Waals surface area contributed by atoms with Gasteiger partial charge in [0, 0.05) is 18.8 Å². The largest absolute Gasteiger partial charge is 0.481 e. The maximum atomic E-state index is 11.2. The number of thiol groups is 1. The molecular weight excluding hydrogens is 212 g/mol.